The van der Waals surface area contributed by atoms with Crippen molar-refractivity contribution in [1.82, 2.24) is 4.98 Å². The maximum Gasteiger partial charge on any atom is 0.325 e. The molecule has 0 aliphatic rings. The quantitative estimate of drug-likeness (QED) is 0.843. The van der Waals surface area contributed by atoms with Crippen LogP contribution in [-0.2, 0) is 0 Å². The van der Waals surface area contributed by atoms with E-state index in [1.54, 1.807) is 18.2 Å². The summed E-state index contributed by atoms with van der Waals surface area (Å²) in [6.07, 6.45) is 0. The second-order valence-corrected chi connectivity index (χ2v) is 5.89. The van der Waals surface area contributed by atoms with Crippen LogP contribution >= 0.6 is 34.5 Å². The van der Waals surface area contributed by atoms with E-state index in [-0.39, 0.29) is 6.03 Å². The Hall–Kier alpha value is -1.30. The van der Waals surface area contributed by atoms with Gasteiger partial charge in [0.25, 0.3) is 0 Å². The minimum atomic E-state index is -0.368. The fourth-order valence-corrected chi connectivity index (χ4v) is 2.47. The Kier molecular flexibility index (Phi) is 4.29. The first kappa shape index (κ1) is 14.1. The SMILES string of the molecule is Cc1nc(NC(=O)Nc2ccc(Cl)c(Cl)c2)sc1C. The molecule has 2 amide bonds. The third-order valence-corrected chi connectivity index (χ3v) is 4.15. The summed E-state index contributed by atoms with van der Waals surface area (Å²) in [5.74, 6) is 0. The normalized spacial score (nSPS) is 10.3. The summed E-state index contributed by atoms with van der Waals surface area (Å²) < 4.78 is 0. The van der Waals surface area contributed by atoms with Crippen LogP contribution in [0.4, 0.5) is 15.6 Å². The van der Waals surface area contributed by atoms with Gasteiger partial charge in [0.2, 0.25) is 0 Å². The maximum absolute atomic E-state index is 11.8. The number of carbonyl (C=O) groups is 1. The Morgan fingerprint density at radius 3 is 2.53 bits per heavy atom. The van der Waals surface area contributed by atoms with Crippen molar-refractivity contribution in [2.75, 3.05) is 10.6 Å². The number of hydrogen-bond donors (Lipinski definition) is 2. The topological polar surface area (TPSA) is 54.0 Å². The molecule has 19 heavy (non-hydrogen) atoms. The molecule has 0 atom stereocenters. The highest BCUT2D eigenvalue weighted by Gasteiger charge is 2.08. The van der Waals surface area contributed by atoms with Gasteiger partial charge in [0.1, 0.15) is 0 Å². The molecule has 0 saturated heterocycles. The monoisotopic (exact) mass is 315 g/mol. The molecule has 1 aromatic heterocycles. The number of amides is 2. The predicted octanol–water partition coefficient (Wildman–Crippen LogP) is 4.71. The van der Waals surface area contributed by atoms with Crippen molar-refractivity contribution < 1.29 is 4.79 Å². The van der Waals surface area contributed by atoms with Crippen LogP contribution in [0.3, 0.4) is 0 Å². The molecule has 1 aromatic carbocycles. The minimum absolute atomic E-state index is 0.368. The van der Waals surface area contributed by atoms with Gasteiger partial charge in [-0.2, -0.15) is 0 Å². The van der Waals surface area contributed by atoms with Gasteiger partial charge in [-0.3, -0.25) is 5.32 Å². The Morgan fingerprint density at radius 1 is 1.21 bits per heavy atom. The number of thiazole rings is 1. The van der Waals surface area contributed by atoms with Gasteiger partial charge in [-0.25, -0.2) is 9.78 Å². The molecule has 4 nitrogen and oxygen atoms in total. The number of carbonyl (C=O) groups excluding carboxylic acids is 1. The zero-order chi connectivity index (χ0) is 14.0. The van der Waals surface area contributed by atoms with Crippen LogP contribution in [0.1, 0.15) is 10.6 Å². The van der Waals surface area contributed by atoms with Gasteiger partial charge in [-0.15, -0.1) is 11.3 Å². The lowest BCUT2D eigenvalue weighted by molar-refractivity contribution is 0.262. The number of aryl methyl sites for hydroxylation is 2. The van der Waals surface area contributed by atoms with Crippen molar-refractivity contribution in [3.63, 3.8) is 0 Å². The van der Waals surface area contributed by atoms with E-state index in [1.165, 1.54) is 11.3 Å². The molecule has 2 aromatic rings. The molecule has 1 heterocycles. The number of anilines is 2. The second-order valence-electron chi connectivity index (χ2n) is 3.87. The van der Waals surface area contributed by atoms with Crippen LogP contribution in [0.2, 0.25) is 10.0 Å². The average Bonchev–Trinajstić information content (AvgIpc) is 2.63. The highest BCUT2D eigenvalue weighted by molar-refractivity contribution is 7.15. The van der Waals surface area contributed by atoms with Crippen LogP contribution in [0, 0.1) is 13.8 Å². The number of aromatic nitrogens is 1. The van der Waals surface area contributed by atoms with Crippen molar-refractivity contribution in [3.05, 3.63) is 38.8 Å². The number of nitrogens with zero attached hydrogens (tertiary/aromatic N) is 1. The summed E-state index contributed by atoms with van der Waals surface area (Å²) in [6.45, 7) is 3.85. The zero-order valence-electron chi connectivity index (χ0n) is 10.3. The molecular weight excluding hydrogens is 305 g/mol. The largest absolute Gasteiger partial charge is 0.325 e. The van der Waals surface area contributed by atoms with Gasteiger partial charge >= 0.3 is 6.03 Å². The Bertz CT molecular complexity index is 608. The predicted molar refractivity (Wildman–Crippen MR) is 80.7 cm³/mol. The van der Waals surface area contributed by atoms with Gasteiger partial charge in [0, 0.05) is 10.6 Å². The van der Waals surface area contributed by atoms with E-state index in [4.69, 9.17) is 23.2 Å². The molecule has 0 bridgehead atoms. The van der Waals surface area contributed by atoms with Crippen LogP contribution in [0.15, 0.2) is 18.2 Å². The Labute approximate surface area is 124 Å². The van der Waals surface area contributed by atoms with E-state index in [1.807, 2.05) is 13.8 Å². The molecule has 2 N–H and O–H groups in total. The number of hydrogen-bond acceptors (Lipinski definition) is 3. The van der Waals surface area contributed by atoms with Crippen LogP contribution in [0.25, 0.3) is 0 Å². The van der Waals surface area contributed by atoms with E-state index >= 15 is 0 Å². The van der Waals surface area contributed by atoms with Crippen molar-refractivity contribution in [1.29, 1.82) is 0 Å². The zero-order valence-corrected chi connectivity index (χ0v) is 12.6. The molecule has 100 valence electrons. The van der Waals surface area contributed by atoms with Gasteiger partial charge < -0.3 is 5.32 Å². The van der Waals surface area contributed by atoms with Gasteiger partial charge in [-0.05, 0) is 32.0 Å². The van der Waals surface area contributed by atoms with Gasteiger partial charge in [0.15, 0.2) is 5.13 Å². The summed E-state index contributed by atoms with van der Waals surface area (Å²) >= 11 is 13.1. The third kappa shape index (κ3) is 3.59. The number of urea groups is 1. The summed E-state index contributed by atoms with van der Waals surface area (Å²) in [5, 5.41) is 6.72. The second kappa shape index (κ2) is 5.77. The fourth-order valence-electron chi connectivity index (χ4n) is 1.36. The Balaban J connectivity index is 2.03. The molecule has 0 saturated carbocycles. The molecule has 0 spiro atoms. The van der Waals surface area contributed by atoms with E-state index in [2.05, 4.69) is 15.6 Å². The molecule has 2 rings (SSSR count). The van der Waals surface area contributed by atoms with Crippen LogP contribution < -0.4 is 10.6 Å². The number of halogens is 2. The van der Waals surface area contributed by atoms with E-state index in [9.17, 15) is 4.79 Å². The standard InChI is InChI=1S/C12H11Cl2N3OS/c1-6-7(2)19-12(15-6)17-11(18)16-8-3-4-9(13)10(14)5-8/h3-5H,1-2H3,(H2,15,16,17,18). The first-order valence-electron chi connectivity index (χ1n) is 5.43. The van der Waals surface area contributed by atoms with Gasteiger partial charge in [-0.1, -0.05) is 23.2 Å². The lowest BCUT2D eigenvalue weighted by Gasteiger charge is -2.06. The lowest BCUT2D eigenvalue weighted by Crippen LogP contribution is -2.19. The number of rotatable bonds is 2. The van der Waals surface area contributed by atoms with Crippen LogP contribution in [0.5, 0.6) is 0 Å². The van der Waals surface area contributed by atoms with E-state index in [0.29, 0.717) is 20.9 Å². The average molecular weight is 316 g/mol. The van der Waals surface area contributed by atoms with Crippen molar-refractivity contribution in [3.8, 4) is 0 Å². The molecule has 7 heteroatoms. The maximum atomic E-state index is 11.8. The first-order valence-corrected chi connectivity index (χ1v) is 7.00. The van der Waals surface area contributed by atoms with Crippen LogP contribution in [-0.4, -0.2) is 11.0 Å². The summed E-state index contributed by atoms with van der Waals surface area (Å²) in [4.78, 5) is 17.1. The lowest BCUT2D eigenvalue weighted by atomic mass is 10.3. The van der Waals surface area contributed by atoms with E-state index in [0.717, 1.165) is 10.6 Å². The van der Waals surface area contributed by atoms with Crippen molar-refractivity contribution >= 4 is 51.4 Å². The molecule has 0 fully saturated rings. The molecule has 0 aliphatic heterocycles. The highest BCUT2D eigenvalue weighted by Crippen LogP contribution is 2.25. The Morgan fingerprint density at radius 2 is 1.95 bits per heavy atom. The number of nitrogens with one attached hydrogen (secondary N) is 2. The summed E-state index contributed by atoms with van der Waals surface area (Å²) in [7, 11) is 0. The van der Waals surface area contributed by atoms with E-state index < -0.39 is 0 Å². The molecule has 0 radical (unpaired) electrons. The van der Waals surface area contributed by atoms with Crippen molar-refractivity contribution in [2.45, 2.75) is 13.8 Å². The molecule has 0 aliphatic carbocycles. The highest BCUT2D eigenvalue weighted by atomic mass is 35.5. The fraction of sp³-hybridized carbons (Fsp3) is 0.167. The third-order valence-electron chi connectivity index (χ3n) is 2.43. The smallest absolute Gasteiger partial charge is 0.308 e. The minimum Gasteiger partial charge on any atom is -0.308 e. The molecular formula is C12H11Cl2N3OS. The summed E-state index contributed by atoms with van der Waals surface area (Å²) in [5.41, 5.74) is 1.48. The summed E-state index contributed by atoms with van der Waals surface area (Å²) in [6, 6.07) is 4.51. The van der Waals surface area contributed by atoms with Crippen molar-refractivity contribution in [2.24, 2.45) is 0 Å². The van der Waals surface area contributed by atoms with Gasteiger partial charge in [0.05, 0.1) is 15.7 Å². The molecule has 0 unspecified atom stereocenters. The first-order chi connectivity index (χ1) is 8.95. The number of benzene rings is 1.